The fourth-order valence-electron chi connectivity index (χ4n) is 2.81. The molecule has 2 aliphatic rings. The second-order valence-electron chi connectivity index (χ2n) is 5.63. The van der Waals surface area contributed by atoms with Gasteiger partial charge >= 0.3 is 0 Å². The van der Waals surface area contributed by atoms with Crippen LogP contribution in [0.5, 0.6) is 5.75 Å². The molecule has 0 bridgehead atoms. The third-order valence-corrected chi connectivity index (χ3v) is 5.24. The summed E-state index contributed by atoms with van der Waals surface area (Å²) in [6.07, 6.45) is 2.72. The molecule has 5 heteroatoms. The van der Waals surface area contributed by atoms with Crippen molar-refractivity contribution in [3.8, 4) is 5.75 Å². The van der Waals surface area contributed by atoms with Crippen molar-refractivity contribution >= 4 is 11.8 Å². The molecule has 1 aromatic carbocycles. The van der Waals surface area contributed by atoms with Crippen LogP contribution in [0.25, 0.3) is 0 Å². The molecule has 20 heavy (non-hydrogen) atoms. The topological polar surface area (TPSA) is 41.5 Å². The smallest absolute Gasteiger partial charge is 0.126 e. The lowest BCUT2D eigenvalue weighted by Crippen LogP contribution is -2.41. The molecule has 0 saturated carbocycles. The summed E-state index contributed by atoms with van der Waals surface area (Å²) in [5.41, 5.74) is 0.399. The Morgan fingerprint density at radius 1 is 1.50 bits per heavy atom. The maximum absolute atomic E-state index is 13.3. The summed E-state index contributed by atoms with van der Waals surface area (Å²) in [4.78, 5) is 0. The van der Waals surface area contributed by atoms with Gasteiger partial charge in [-0.15, -0.1) is 0 Å². The van der Waals surface area contributed by atoms with Crippen molar-refractivity contribution in [2.24, 2.45) is 0 Å². The van der Waals surface area contributed by atoms with Gasteiger partial charge in [0.05, 0.1) is 12.2 Å². The van der Waals surface area contributed by atoms with Crippen molar-refractivity contribution in [3.63, 3.8) is 0 Å². The largest absolute Gasteiger partial charge is 0.493 e. The molecule has 3 rings (SSSR count). The lowest BCUT2D eigenvalue weighted by atomic mass is 9.99. The normalized spacial score (nSPS) is 29.6. The van der Waals surface area contributed by atoms with Crippen LogP contribution in [0.1, 0.15) is 30.9 Å². The molecule has 2 aliphatic heterocycles. The molecular formula is C15H20FNO2S. The number of ether oxygens (including phenoxy) is 1. The van der Waals surface area contributed by atoms with Gasteiger partial charge in [0.25, 0.3) is 0 Å². The number of fused-ring (bicyclic) bond motifs is 1. The molecule has 110 valence electrons. The minimum absolute atomic E-state index is 0.128. The monoisotopic (exact) mass is 297 g/mol. The van der Waals surface area contributed by atoms with E-state index in [1.807, 2.05) is 0 Å². The highest BCUT2D eigenvalue weighted by Gasteiger charge is 2.32. The Labute approximate surface area is 122 Å². The van der Waals surface area contributed by atoms with Gasteiger partial charge in [0.1, 0.15) is 11.6 Å². The summed E-state index contributed by atoms with van der Waals surface area (Å²) in [6.45, 7) is 1.20. The van der Waals surface area contributed by atoms with Gasteiger partial charge in [-0.1, -0.05) is 6.07 Å². The first-order chi connectivity index (χ1) is 9.66. The van der Waals surface area contributed by atoms with E-state index in [0.29, 0.717) is 18.9 Å². The molecule has 2 atom stereocenters. The van der Waals surface area contributed by atoms with Crippen LogP contribution in [0.3, 0.4) is 0 Å². The fourth-order valence-corrected chi connectivity index (χ4v) is 4.10. The van der Waals surface area contributed by atoms with E-state index >= 15 is 0 Å². The highest BCUT2D eigenvalue weighted by Crippen LogP contribution is 2.33. The first-order valence-electron chi connectivity index (χ1n) is 7.12. The van der Waals surface area contributed by atoms with E-state index in [-0.39, 0.29) is 11.9 Å². The van der Waals surface area contributed by atoms with Crippen molar-refractivity contribution in [1.82, 2.24) is 5.32 Å². The van der Waals surface area contributed by atoms with Crippen molar-refractivity contribution in [2.45, 2.75) is 30.9 Å². The minimum Gasteiger partial charge on any atom is -0.493 e. The van der Waals surface area contributed by atoms with Crippen LogP contribution < -0.4 is 10.1 Å². The summed E-state index contributed by atoms with van der Waals surface area (Å²) in [6, 6.07) is 4.85. The Morgan fingerprint density at radius 3 is 3.20 bits per heavy atom. The summed E-state index contributed by atoms with van der Waals surface area (Å²) in [7, 11) is 0. The molecule has 1 fully saturated rings. The number of hydrogen-bond donors (Lipinski definition) is 2. The molecule has 3 nitrogen and oxygen atoms in total. The lowest BCUT2D eigenvalue weighted by Gasteiger charge is -2.26. The average Bonchev–Trinajstić information content (AvgIpc) is 2.76. The summed E-state index contributed by atoms with van der Waals surface area (Å²) in [5, 5.41) is 13.9. The van der Waals surface area contributed by atoms with Crippen LogP contribution >= 0.6 is 11.8 Å². The number of rotatable bonds is 3. The summed E-state index contributed by atoms with van der Waals surface area (Å²) >= 11 is 1.80. The van der Waals surface area contributed by atoms with Crippen LogP contribution in [0.15, 0.2) is 18.2 Å². The maximum atomic E-state index is 13.3. The van der Waals surface area contributed by atoms with E-state index < -0.39 is 5.60 Å². The van der Waals surface area contributed by atoms with Crippen molar-refractivity contribution in [3.05, 3.63) is 29.6 Å². The second kappa shape index (κ2) is 5.92. The van der Waals surface area contributed by atoms with Crippen molar-refractivity contribution in [2.75, 3.05) is 24.7 Å². The van der Waals surface area contributed by atoms with Gasteiger partial charge in [-0.3, -0.25) is 0 Å². The van der Waals surface area contributed by atoms with Gasteiger partial charge in [0.15, 0.2) is 0 Å². The number of nitrogens with one attached hydrogen (secondary N) is 1. The first kappa shape index (κ1) is 14.2. The lowest BCUT2D eigenvalue weighted by molar-refractivity contribution is 0.0642. The third kappa shape index (κ3) is 3.10. The number of hydrogen-bond acceptors (Lipinski definition) is 4. The number of benzene rings is 1. The van der Waals surface area contributed by atoms with Crippen LogP contribution in [-0.2, 0) is 0 Å². The van der Waals surface area contributed by atoms with E-state index in [0.717, 1.165) is 36.3 Å². The van der Waals surface area contributed by atoms with Gasteiger partial charge in [0.2, 0.25) is 0 Å². The maximum Gasteiger partial charge on any atom is 0.126 e. The van der Waals surface area contributed by atoms with Crippen LogP contribution in [0.2, 0.25) is 0 Å². The number of halogens is 1. The molecule has 0 aliphatic carbocycles. The quantitative estimate of drug-likeness (QED) is 0.899. The molecule has 2 heterocycles. The van der Waals surface area contributed by atoms with Gasteiger partial charge in [-0.25, -0.2) is 4.39 Å². The SMILES string of the molecule is O[C@]1(CN[C@H]2CCCOc3cc(F)ccc32)CCSC1. The molecule has 0 unspecified atom stereocenters. The predicted molar refractivity (Wildman–Crippen MR) is 78.8 cm³/mol. The van der Waals surface area contributed by atoms with Gasteiger partial charge < -0.3 is 15.2 Å². The Morgan fingerprint density at radius 2 is 2.40 bits per heavy atom. The van der Waals surface area contributed by atoms with E-state index in [1.54, 1.807) is 17.8 Å². The van der Waals surface area contributed by atoms with Crippen LogP contribution in [0, 0.1) is 5.82 Å². The Bertz CT molecular complexity index is 477. The molecule has 0 aromatic heterocycles. The Hall–Kier alpha value is -0.780. The molecular weight excluding hydrogens is 277 g/mol. The molecule has 0 radical (unpaired) electrons. The molecule has 1 aromatic rings. The highest BCUT2D eigenvalue weighted by molar-refractivity contribution is 7.99. The molecule has 2 N–H and O–H groups in total. The summed E-state index contributed by atoms with van der Waals surface area (Å²) in [5.74, 6) is 2.18. The first-order valence-corrected chi connectivity index (χ1v) is 8.28. The van der Waals surface area contributed by atoms with Gasteiger partial charge in [-0.05, 0) is 31.1 Å². The Balaban J connectivity index is 1.73. The van der Waals surface area contributed by atoms with Crippen molar-refractivity contribution in [1.29, 1.82) is 0 Å². The predicted octanol–water partition coefficient (Wildman–Crippen LogP) is 2.50. The third-order valence-electron chi connectivity index (χ3n) is 4.01. The summed E-state index contributed by atoms with van der Waals surface area (Å²) < 4.78 is 18.9. The standard InChI is InChI=1S/C15H20FNO2S/c16-11-3-4-12-13(2-1-6-19-14(12)8-11)17-9-15(18)5-7-20-10-15/h3-4,8,13,17-18H,1-2,5-7,9-10H2/t13-,15-/m0/s1. The molecule has 0 amide bonds. The van der Waals surface area contributed by atoms with Gasteiger partial charge in [-0.2, -0.15) is 11.8 Å². The Kier molecular flexibility index (Phi) is 4.19. The zero-order chi connectivity index (χ0) is 14.0. The van der Waals surface area contributed by atoms with Crippen LogP contribution in [-0.4, -0.2) is 35.4 Å². The highest BCUT2D eigenvalue weighted by atomic mass is 32.2. The zero-order valence-corrected chi connectivity index (χ0v) is 12.2. The fraction of sp³-hybridized carbons (Fsp3) is 0.600. The van der Waals surface area contributed by atoms with E-state index in [4.69, 9.17) is 4.74 Å². The molecule has 1 saturated heterocycles. The van der Waals surface area contributed by atoms with Crippen LogP contribution in [0.4, 0.5) is 4.39 Å². The van der Waals surface area contributed by atoms with E-state index in [9.17, 15) is 9.50 Å². The minimum atomic E-state index is -0.599. The second-order valence-corrected chi connectivity index (χ2v) is 6.74. The van der Waals surface area contributed by atoms with Gasteiger partial charge in [0, 0.05) is 30.0 Å². The molecule has 0 spiro atoms. The van der Waals surface area contributed by atoms with E-state index in [1.165, 1.54) is 12.1 Å². The average molecular weight is 297 g/mol. The van der Waals surface area contributed by atoms with Crippen molar-refractivity contribution < 1.29 is 14.2 Å². The number of thioether (sulfide) groups is 1. The number of aliphatic hydroxyl groups is 1. The van der Waals surface area contributed by atoms with E-state index in [2.05, 4.69) is 5.32 Å². The zero-order valence-electron chi connectivity index (χ0n) is 11.4.